The number of fused-ring (bicyclic) bond motifs is 1. The number of ether oxygens (including phenoxy) is 1. The van der Waals surface area contributed by atoms with Crippen LogP contribution in [0.25, 0.3) is 0 Å². The van der Waals surface area contributed by atoms with Crippen molar-refractivity contribution in [3.05, 3.63) is 59.3 Å². The van der Waals surface area contributed by atoms with Crippen LogP contribution in [0.2, 0.25) is 0 Å². The van der Waals surface area contributed by atoms with Gasteiger partial charge in [0.25, 0.3) is 0 Å². The van der Waals surface area contributed by atoms with E-state index in [-0.39, 0.29) is 48.1 Å². The van der Waals surface area contributed by atoms with E-state index >= 15 is 0 Å². The van der Waals surface area contributed by atoms with E-state index in [1.165, 1.54) is 11.1 Å². The normalized spacial score (nSPS) is 15.7. The van der Waals surface area contributed by atoms with Gasteiger partial charge in [-0.2, -0.15) is 0 Å². The molecule has 1 aliphatic rings. The zero-order valence-electron chi connectivity index (χ0n) is 20.2. The number of amides is 1. The number of likely N-dealkylation sites (N-methyl/N-ethyl adjacent to an activating group) is 1. The van der Waals surface area contributed by atoms with E-state index in [0.29, 0.717) is 18.4 Å². The Bertz CT molecular complexity index is 939. The predicted octanol–water partition coefficient (Wildman–Crippen LogP) is 3.56. The number of carbonyl (C=O) groups excluding carboxylic acids is 1. The fourth-order valence-corrected chi connectivity index (χ4v) is 3.53. The van der Waals surface area contributed by atoms with Crippen molar-refractivity contribution in [2.45, 2.75) is 58.2 Å². The number of guanidine groups is 1. The minimum absolute atomic E-state index is 0. The summed E-state index contributed by atoms with van der Waals surface area (Å²) in [5.74, 6) is 1.23. The van der Waals surface area contributed by atoms with Crippen molar-refractivity contribution in [2.24, 2.45) is 4.99 Å². The lowest BCUT2D eigenvalue weighted by Crippen LogP contribution is -2.48. The van der Waals surface area contributed by atoms with Crippen molar-refractivity contribution >= 4 is 35.8 Å². The number of hydrogen-bond donors (Lipinski definition) is 2. The van der Waals surface area contributed by atoms with Gasteiger partial charge in [-0.25, -0.2) is 9.98 Å². The van der Waals surface area contributed by atoms with Gasteiger partial charge in [-0.15, -0.1) is 24.0 Å². The van der Waals surface area contributed by atoms with Crippen LogP contribution in [-0.2, 0) is 24.2 Å². The summed E-state index contributed by atoms with van der Waals surface area (Å²) in [6.07, 6.45) is 4.79. The number of aliphatic imine (C=N–C) groups is 1. The van der Waals surface area contributed by atoms with E-state index in [1.807, 2.05) is 32.9 Å². The molecule has 2 N–H and O–H groups in total. The Balaban J connectivity index is 0.00000385. The van der Waals surface area contributed by atoms with Crippen LogP contribution < -0.4 is 15.4 Å². The molecule has 0 bridgehead atoms. The summed E-state index contributed by atoms with van der Waals surface area (Å²) in [4.78, 5) is 22.8. The molecule has 1 aromatic heterocycles. The van der Waals surface area contributed by atoms with E-state index in [9.17, 15) is 4.79 Å². The second-order valence-electron chi connectivity index (χ2n) is 9.38. The first kappa shape index (κ1) is 26.9. The fraction of sp³-hybridized carbons (Fsp3) is 0.480. The Morgan fingerprint density at radius 3 is 2.55 bits per heavy atom. The van der Waals surface area contributed by atoms with Gasteiger partial charge in [0.05, 0.1) is 13.1 Å². The lowest BCUT2D eigenvalue weighted by atomic mass is 9.88. The van der Waals surface area contributed by atoms with Crippen LogP contribution >= 0.6 is 24.0 Å². The molecule has 0 saturated heterocycles. The van der Waals surface area contributed by atoms with E-state index in [4.69, 9.17) is 9.73 Å². The molecule has 1 unspecified atom stereocenters. The number of nitrogens with zero attached hydrogens (tertiary/aromatic N) is 3. The van der Waals surface area contributed by atoms with Gasteiger partial charge in [-0.05, 0) is 56.7 Å². The first-order valence-corrected chi connectivity index (χ1v) is 11.2. The van der Waals surface area contributed by atoms with Crippen molar-refractivity contribution in [3.63, 3.8) is 0 Å². The summed E-state index contributed by atoms with van der Waals surface area (Å²) in [6.45, 7) is 6.63. The number of aryl methyl sites for hydroxylation is 1. The molecule has 1 amide bonds. The van der Waals surface area contributed by atoms with E-state index in [1.54, 1.807) is 25.2 Å². The van der Waals surface area contributed by atoms with Crippen molar-refractivity contribution in [2.75, 3.05) is 20.6 Å². The van der Waals surface area contributed by atoms with E-state index < -0.39 is 0 Å². The van der Waals surface area contributed by atoms with Gasteiger partial charge in [0.15, 0.2) is 5.96 Å². The molecule has 0 aliphatic heterocycles. The maximum absolute atomic E-state index is 12.1. The molecule has 1 heterocycles. The number of benzene rings is 1. The quantitative estimate of drug-likeness (QED) is 0.318. The molecule has 180 valence electrons. The van der Waals surface area contributed by atoms with Gasteiger partial charge in [-0.1, -0.05) is 30.3 Å². The molecule has 0 saturated carbocycles. The molecule has 1 atom stereocenters. The lowest BCUT2D eigenvalue weighted by Gasteiger charge is -2.27. The third-order valence-corrected chi connectivity index (χ3v) is 5.22. The van der Waals surface area contributed by atoms with Gasteiger partial charge in [0.2, 0.25) is 11.8 Å². The summed E-state index contributed by atoms with van der Waals surface area (Å²) in [5, 5.41) is 6.71. The highest BCUT2D eigenvalue weighted by Crippen LogP contribution is 2.21. The number of rotatable bonds is 6. The second kappa shape index (κ2) is 12.2. The number of nitrogens with one attached hydrogen (secondary N) is 2. The number of halogens is 1. The van der Waals surface area contributed by atoms with Crippen molar-refractivity contribution in [1.82, 2.24) is 20.5 Å². The number of carbonyl (C=O) groups is 1. The molecular weight excluding hydrogens is 529 g/mol. The number of pyridine rings is 1. The lowest BCUT2D eigenvalue weighted by molar-refractivity contribution is -0.127. The van der Waals surface area contributed by atoms with Crippen LogP contribution in [0.5, 0.6) is 5.88 Å². The summed E-state index contributed by atoms with van der Waals surface area (Å²) < 4.78 is 5.79. The standard InChI is InChI=1S/C25H35N5O2.HI/c1-25(2,3)32-22-13-10-18(15-26-22)16-27-24(28-17-23(31)30(4)5)29-21-12-11-19-8-6-7-9-20(19)14-21;/h6-10,13,15,21H,11-12,14,16-17H2,1-5H3,(H2,27,28,29);1H. The van der Waals surface area contributed by atoms with Gasteiger partial charge >= 0.3 is 0 Å². The Hall–Kier alpha value is -2.36. The Labute approximate surface area is 214 Å². The van der Waals surface area contributed by atoms with Crippen LogP contribution in [0.3, 0.4) is 0 Å². The molecular formula is C25H36IN5O2. The Morgan fingerprint density at radius 1 is 1.18 bits per heavy atom. The highest BCUT2D eigenvalue weighted by Gasteiger charge is 2.19. The topological polar surface area (TPSA) is 78.9 Å². The molecule has 1 aliphatic carbocycles. The Morgan fingerprint density at radius 2 is 1.91 bits per heavy atom. The fourth-order valence-electron chi connectivity index (χ4n) is 3.53. The minimum Gasteiger partial charge on any atom is -0.472 e. The highest BCUT2D eigenvalue weighted by atomic mass is 127. The average molecular weight is 566 g/mol. The molecule has 0 fully saturated rings. The van der Waals surface area contributed by atoms with Gasteiger partial charge < -0.3 is 20.3 Å². The summed E-state index contributed by atoms with van der Waals surface area (Å²) >= 11 is 0. The summed E-state index contributed by atoms with van der Waals surface area (Å²) in [7, 11) is 3.50. The number of hydrogen-bond acceptors (Lipinski definition) is 4. The van der Waals surface area contributed by atoms with Crippen molar-refractivity contribution in [3.8, 4) is 5.88 Å². The molecule has 1 aromatic carbocycles. The first-order valence-electron chi connectivity index (χ1n) is 11.2. The van der Waals surface area contributed by atoms with Gasteiger partial charge in [0.1, 0.15) is 5.60 Å². The summed E-state index contributed by atoms with van der Waals surface area (Å²) in [6, 6.07) is 12.7. The smallest absolute Gasteiger partial charge is 0.241 e. The molecule has 2 aromatic rings. The van der Waals surface area contributed by atoms with E-state index in [2.05, 4.69) is 39.9 Å². The van der Waals surface area contributed by atoms with Crippen molar-refractivity contribution < 1.29 is 9.53 Å². The zero-order chi connectivity index (χ0) is 23.1. The third-order valence-electron chi connectivity index (χ3n) is 5.22. The van der Waals surface area contributed by atoms with Crippen LogP contribution in [0.1, 0.15) is 43.9 Å². The molecule has 0 spiro atoms. The van der Waals surface area contributed by atoms with Crippen LogP contribution in [0, 0.1) is 0 Å². The second-order valence-corrected chi connectivity index (χ2v) is 9.38. The minimum atomic E-state index is -0.286. The zero-order valence-corrected chi connectivity index (χ0v) is 22.6. The van der Waals surface area contributed by atoms with E-state index in [0.717, 1.165) is 24.8 Å². The van der Waals surface area contributed by atoms with Crippen LogP contribution in [-0.4, -0.2) is 54.0 Å². The van der Waals surface area contributed by atoms with Crippen LogP contribution in [0.15, 0.2) is 47.6 Å². The van der Waals surface area contributed by atoms with Gasteiger partial charge in [0, 0.05) is 32.4 Å². The third kappa shape index (κ3) is 8.83. The maximum Gasteiger partial charge on any atom is 0.241 e. The number of aromatic nitrogens is 1. The Kier molecular flexibility index (Phi) is 9.94. The molecule has 3 rings (SSSR count). The SMILES string of the molecule is CN(C)C(=O)CNC(=NCc1ccc(OC(C)(C)C)nc1)NC1CCc2ccccc2C1.I. The van der Waals surface area contributed by atoms with Crippen molar-refractivity contribution in [1.29, 1.82) is 0 Å². The van der Waals surface area contributed by atoms with Crippen LogP contribution in [0.4, 0.5) is 0 Å². The molecule has 33 heavy (non-hydrogen) atoms. The first-order chi connectivity index (χ1) is 15.2. The highest BCUT2D eigenvalue weighted by molar-refractivity contribution is 14.0. The summed E-state index contributed by atoms with van der Waals surface area (Å²) in [5.41, 5.74) is 3.48. The molecule has 0 radical (unpaired) electrons. The monoisotopic (exact) mass is 565 g/mol. The largest absolute Gasteiger partial charge is 0.472 e. The molecule has 7 nitrogen and oxygen atoms in total. The van der Waals surface area contributed by atoms with Gasteiger partial charge in [-0.3, -0.25) is 4.79 Å². The average Bonchev–Trinajstić information content (AvgIpc) is 2.75. The maximum atomic E-state index is 12.1. The molecule has 8 heteroatoms. The predicted molar refractivity (Wildman–Crippen MR) is 143 cm³/mol.